The van der Waals surface area contributed by atoms with Gasteiger partial charge in [0.05, 0.1) is 0 Å². The summed E-state index contributed by atoms with van der Waals surface area (Å²) in [5.41, 5.74) is 6.87. The van der Waals surface area contributed by atoms with E-state index in [9.17, 15) is 0 Å². The van der Waals surface area contributed by atoms with Crippen LogP contribution in [0.1, 0.15) is 41.5 Å². The van der Waals surface area contributed by atoms with E-state index in [2.05, 4.69) is 54.6 Å². The van der Waals surface area contributed by atoms with Crippen molar-refractivity contribution in [2.75, 3.05) is 0 Å². The van der Waals surface area contributed by atoms with Crippen LogP contribution in [0, 0.1) is 11.8 Å². The summed E-state index contributed by atoms with van der Waals surface area (Å²) in [5, 5.41) is 3.62. The van der Waals surface area contributed by atoms with Gasteiger partial charge in [-0.05, 0) is 0 Å². The molecule has 0 fully saturated rings. The van der Waals surface area contributed by atoms with Gasteiger partial charge in [-0.2, -0.15) is 0 Å². The minimum absolute atomic E-state index is 0. The molecular weight excluding hydrogens is 406 g/mol. The van der Waals surface area contributed by atoms with Crippen LogP contribution in [0.15, 0.2) is 39.2 Å². The topological polar surface area (TPSA) is 0 Å². The molecule has 0 aromatic carbocycles. The molecule has 2 atom stereocenters. The first-order valence-corrected chi connectivity index (χ1v) is 13.3. The van der Waals surface area contributed by atoms with E-state index in [4.69, 9.17) is 0 Å². The van der Waals surface area contributed by atoms with Crippen molar-refractivity contribution < 1.29 is 48.0 Å². The van der Waals surface area contributed by atoms with Gasteiger partial charge in [0.2, 0.25) is 0 Å². The third-order valence-corrected chi connectivity index (χ3v) is 15.4. The van der Waals surface area contributed by atoms with Gasteiger partial charge in [0.1, 0.15) is 0 Å². The molecule has 1 aliphatic heterocycles. The van der Waals surface area contributed by atoms with E-state index in [-0.39, 0.29) is 24.8 Å². The van der Waals surface area contributed by atoms with Crippen molar-refractivity contribution in [3.8, 4) is 0 Å². The smallest absolute Gasteiger partial charge is 1.00 e. The van der Waals surface area contributed by atoms with Crippen LogP contribution in [0.5, 0.6) is 0 Å². The number of fused-ring (bicyclic) bond motifs is 2. The number of halogens is 2. The van der Waals surface area contributed by atoms with Gasteiger partial charge in [-0.1, -0.05) is 0 Å². The second-order valence-corrected chi connectivity index (χ2v) is 14.9. The average molecular weight is 433 g/mol. The van der Waals surface area contributed by atoms with E-state index >= 15 is 0 Å². The number of allylic oxidation sites excluding steroid dienone is 8. The molecule has 0 aromatic heterocycles. The summed E-state index contributed by atoms with van der Waals surface area (Å²) in [6.07, 6.45) is 0. The Labute approximate surface area is 161 Å². The van der Waals surface area contributed by atoms with Crippen LogP contribution in [0.4, 0.5) is 0 Å². The Kier molecular flexibility index (Phi) is 6.12. The van der Waals surface area contributed by atoms with Crippen LogP contribution >= 0.6 is 0 Å². The van der Waals surface area contributed by atoms with Crippen molar-refractivity contribution in [1.82, 2.24) is 0 Å². The normalized spacial score (nSPS) is 28.7. The molecule has 2 aliphatic carbocycles. The molecular formula is C18H26Cl2SiZr. The molecule has 0 N–H and O–H groups in total. The van der Waals surface area contributed by atoms with E-state index in [0.29, 0.717) is 0 Å². The summed E-state index contributed by atoms with van der Waals surface area (Å²) in [7, 11) is -1.51. The molecule has 120 valence electrons. The molecule has 0 aromatic rings. The quantitative estimate of drug-likeness (QED) is 0.447. The van der Waals surface area contributed by atoms with Crippen LogP contribution in [0.2, 0.25) is 13.1 Å². The number of hydrogen-bond acceptors (Lipinski definition) is 0. The van der Waals surface area contributed by atoms with Gasteiger partial charge in [0.15, 0.2) is 0 Å². The fourth-order valence-electron chi connectivity index (χ4n) is 4.97. The summed E-state index contributed by atoms with van der Waals surface area (Å²) in [5.74, 6) is 1.49. The van der Waals surface area contributed by atoms with Gasteiger partial charge in [-0.3, -0.25) is 0 Å². The Morgan fingerprint density at radius 2 is 1.05 bits per heavy atom. The Hall–Kier alpha value is 0.640. The van der Waals surface area contributed by atoms with Gasteiger partial charge < -0.3 is 24.8 Å². The summed E-state index contributed by atoms with van der Waals surface area (Å²) in [6.45, 7) is 19.8. The largest absolute Gasteiger partial charge is 1.00 e. The summed E-state index contributed by atoms with van der Waals surface area (Å²) >= 11 is -0.567. The Bertz CT molecular complexity index is 596. The first kappa shape index (κ1) is 20.7. The maximum Gasteiger partial charge on any atom is -1.00 e. The molecule has 3 rings (SSSR count). The van der Waals surface area contributed by atoms with Crippen LogP contribution in [-0.4, -0.2) is 8.07 Å². The maximum absolute atomic E-state index is 2.60. The van der Waals surface area contributed by atoms with E-state index in [1.165, 1.54) is 0 Å². The van der Waals surface area contributed by atoms with Crippen molar-refractivity contribution in [3.63, 3.8) is 0 Å². The average Bonchev–Trinajstić information content (AvgIpc) is 2.70. The van der Waals surface area contributed by atoms with Gasteiger partial charge in [0, 0.05) is 0 Å². The molecule has 0 nitrogen and oxygen atoms in total. The van der Waals surface area contributed by atoms with Crippen molar-refractivity contribution in [3.05, 3.63) is 39.2 Å². The molecule has 1 heterocycles. The predicted octanol–water partition coefficient (Wildman–Crippen LogP) is -0.642. The molecule has 0 radical (unpaired) electrons. The fourth-order valence-corrected chi connectivity index (χ4v) is 14.8. The molecule has 2 unspecified atom stereocenters. The van der Waals surface area contributed by atoms with E-state index in [1.54, 1.807) is 22.3 Å². The van der Waals surface area contributed by atoms with Gasteiger partial charge in [-0.15, -0.1) is 0 Å². The Balaban J connectivity index is 0.00000121. The second-order valence-electron chi connectivity index (χ2n) is 7.39. The Morgan fingerprint density at radius 1 is 0.727 bits per heavy atom. The van der Waals surface area contributed by atoms with Crippen molar-refractivity contribution >= 4 is 8.07 Å². The Morgan fingerprint density at radius 3 is 1.36 bits per heavy atom. The summed E-state index contributed by atoms with van der Waals surface area (Å²) in [6, 6.07) is 0. The van der Waals surface area contributed by atoms with Gasteiger partial charge >= 0.3 is 137 Å². The van der Waals surface area contributed by atoms with Crippen molar-refractivity contribution in [2.24, 2.45) is 11.8 Å². The minimum atomic E-state index is -1.51. The SMILES string of the molecule is CC1=[C]2[Zr+2][C]3=C(C)C(=C(C)C3C)[Si](C)(C)C1=C(C)C2C.[Cl-].[Cl-]. The number of hydrogen-bond donors (Lipinski definition) is 0. The zero-order chi connectivity index (χ0) is 15.0. The molecule has 3 aliphatic rings. The zero-order valence-corrected chi connectivity index (χ0v) is 19.9. The van der Waals surface area contributed by atoms with Crippen LogP contribution < -0.4 is 24.8 Å². The monoisotopic (exact) mass is 430 g/mol. The van der Waals surface area contributed by atoms with E-state index in [1.807, 2.05) is 17.0 Å². The van der Waals surface area contributed by atoms with Crippen LogP contribution in [-0.2, 0) is 23.2 Å². The standard InChI is InChI=1S/C18H26Si.2ClH.Zr/c1-11-9-13(3)17(15(11)5)19(7,8)18-14(4)10-12(2)16(18)6;;;/h11-12H,1-8H3;2*1H;/q;;;+2/p-2. The molecule has 4 bridgehead atoms. The first-order chi connectivity index (χ1) is 9.19. The third-order valence-electron chi connectivity index (χ3n) is 6.03. The molecule has 22 heavy (non-hydrogen) atoms. The van der Waals surface area contributed by atoms with Gasteiger partial charge in [-0.25, -0.2) is 0 Å². The fraction of sp³-hybridized carbons (Fsp3) is 0.556. The second kappa shape index (κ2) is 6.51. The summed E-state index contributed by atoms with van der Waals surface area (Å²) < 4.78 is 3.77. The first-order valence-electron chi connectivity index (χ1n) is 7.81. The van der Waals surface area contributed by atoms with Crippen LogP contribution in [0.3, 0.4) is 0 Å². The number of rotatable bonds is 0. The predicted molar refractivity (Wildman–Crippen MR) is 86.6 cm³/mol. The minimum Gasteiger partial charge on any atom is -1.00 e. The summed E-state index contributed by atoms with van der Waals surface area (Å²) in [4.78, 5) is 0. The van der Waals surface area contributed by atoms with E-state index < -0.39 is 31.3 Å². The van der Waals surface area contributed by atoms with Crippen molar-refractivity contribution in [2.45, 2.75) is 54.6 Å². The maximum atomic E-state index is 2.60. The third kappa shape index (κ3) is 2.48. The van der Waals surface area contributed by atoms with Gasteiger partial charge in [0.25, 0.3) is 0 Å². The molecule has 0 saturated heterocycles. The molecule has 0 saturated carbocycles. The zero-order valence-electron chi connectivity index (χ0n) is 14.9. The van der Waals surface area contributed by atoms with Crippen LogP contribution in [0.25, 0.3) is 0 Å². The van der Waals surface area contributed by atoms with E-state index in [0.717, 1.165) is 11.8 Å². The molecule has 0 spiro atoms. The molecule has 4 heteroatoms. The molecule has 0 amide bonds. The van der Waals surface area contributed by atoms with Crippen molar-refractivity contribution in [1.29, 1.82) is 0 Å².